The molecule has 0 aliphatic carbocycles. The molecular formula is C23H26N2O5. The summed E-state index contributed by atoms with van der Waals surface area (Å²) in [5, 5.41) is 2.85. The van der Waals surface area contributed by atoms with Crippen LogP contribution in [-0.2, 0) is 9.53 Å². The van der Waals surface area contributed by atoms with Gasteiger partial charge in [0.1, 0.15) is 0 Å². The first kappa shape index (κ1) is 21.4. The number of anilines is 1. The van der Waals surface area contributed by atoms with Crippen molar-refractivity contribution in [3.05, 3.63) is 59.2 Å². The van der Waals surface area contributed by atoms with Gasteiger partial charge in [-0.15, -0.1) is 0 Å². The lowest BCUT2D eigenvalue weighted by molar-refractivity contribution is -0.111. The van der Waals surface area contributed by atoms with Gasteiger partial charge in [0.05, 0.1) is 27.4 Å². The standard InChI is InChI=1S/C23H26N2O5/c1-16-18(23(27)25-11-13-30-14-12-25)5-4-6-19(16)24-22(26)10-8-17-7-9-20(28-2)21(15-17)29-3/h4-10,15H,11-14H2,1-3H3,(H,24,26)/b10-8+. The number of benzene rings is 2. The Balaban J connectivity index is 1.71. The summed E-state index contributed by atoms with van der Waals surface area (Å²) in [6.07, 6.45) is 3.13. The molecule has 0 atom stereocenters. The van der Waals surface area contributed by atoms with E-state index in [2.05, 4.69) is 5.32 Å². The van der Waals surface area contributed by atoms with E-state index in [1.807, 2.05) is 13.0 Å². The van der Waals surface area contributed by atoms with Crippen LogP contribution in [0.1, 0.15) is 21.5 Å². The van der Waals surface area contributed by atoms with E-state index in [-0.39, 0.29) is 11.8 Å². The predicted molar refractivity (Wildman–Crippen MR) is 115 cm³/mol. The van der Waals surface area contributed by atoms with Gasteiger partial charge in [-0.3, -0.25) is 9.59 Å². The van der Waals surface area contributed by atoms with Gasteiger partial charge in [0.15, 0.2) is 11.5 Å². The summed E-state index contributed by atoms with van der Waals surface area (Å²) in [4.78, 5) is 27.0. The summed E-state index contributed by atoms with van der Waals surface area (Å²) >= 11 is 0. The molecule has 0 saturated carbocycles. The van der Waals surface area contributed by atoms with Gasteiger partial charge in [-0.1, -0.05) is 12.1 Å². The summed E-state index contributed by atoms with van der Waals surface area (Å²) in [5.74, 6) is 0.873. The van der Waals surface area contributed by atoms with E-state index in [1.54, 1.807) is 55.5 Å². The number of hydrogen-bond donors (Lipinski definition) is 1. The SMILES string of the molecule is COc1ccc(/C=C/C(=O)Nc2cccc(C(=O)N3CCOCC3)c2C)cc1OC. The minimum atomic E-state index is -0.288. The topological polar surface area (TPSA) is 77.1 Å². The number of rotatable bonds is 6. The molecule has 30 heavy (non-hydrogen) atoms. The molecule has 1 aliphatic heterocycles. The summed E-state index contributed by atoms with van der Waals surface area (Å²) < 4.78 is 15.8. The van der Waals surface area contributed by atoms with E-state index in [9.17, 15) is 9.59 Å². The molecule has 3 rings (SSSR count). The zero-order valence-electron chi connectivity index (χ0n) is 17.4. The summed E-state index contributed by atoms with van der Waals surface area (Å²) in [7, 11) is 3.13. The van der Waals surface area contributed by atoms with Gasteiger partial charge in [0.25, 0.3) is 5.91 Å². The van der Waals surface area contributed by atoms with Crippen LogP contribution < -0.4 is 14.8 Å². The number of carbonyl (C=O) groups is 2. The largest absolute Gasteiger partial charge is 0.493 e. The van der Waals surface area contributed by atoms with E-state index in [1.165, 1.54) is 6.08 Å². The van der Waals surface area contributed by atoms with E-state index < -0.39 is 0 Å². The average Bonchev–Trinajstić information content (AvgIpc) is 2.79. The van der Waals surface area contributed by atoms with E-state index in [0.717, 1.165) is 11.1 Å². The third-order valence-electron chi connectivity index (χ3n) is 4.96. The monoisotopic (exact) mass is 410 g/mol. The van der Waals surface area contributed by atoms with Crippen LogP contribution in [0.5, 0.6) is 11.5 Å². The quantitative estimate of drug-likeness (QED) is 0.741. The van der Waals surface area contributed by atoms with Crippen molar-refractivity contribution in [1.82, 2.24) is 4.90 Å². The molecule has 2 aromatic rings. The molecule has 1 aliphatic rings. The molecule has 0 aromatic heterocycles. The van der Waals surface area contributed by atoms with Gasteiger partial charge >= 0.3 is 0 Å². The molecule has 158 valence electrons. The van der Waals surface area contributed by atoms with Crippen LogP contribution in [0.4, 0.5) is 5.69 Å². The summed E-state index contributed by atoms with van der Waals surface area (Å²) in [6.45, 7) is 4.07. The van der Waals surface area contributed by atoms with Crippen molar-refractivity contribution in [2.75, 3.05) is 45.8 Å². The molecule has 1 fully saturated rings. The van der Waals surface area contributed by atoms with Crippen molar-refractivity contribution in [3.63, 3.8) is 0 Å². The lowest BCUT2D eigenvalue weighted by Crippen LogP contribution is -2.41. The summed E-state index contributed by atoms with van der Waals surface area (Å²) in [6, 6.07) is 10.7. The van der Waals surface area contributed by atoms with Crippen molar-refractivity contribution in [2.24, 2.45) is 0 Å². The molecule has 2 aromatic carbocycles. The molecule has 1 N–H and O–H groups in total. The third kappa shape index (κ3) is 4.99. The zero-order valence-corrected chi connectivity index (χ0v) is 17.4. The Bertz CT molecular complexity index is 949. The van der Waals surface area contributed by atoms with Crippen molar-refractivity contribution in [3.8, 4) is 11.5 Å². The molecule has 0 unspecified atom stereocenters. The maximum Gasteiger partial charge on any atom is 0.254 e. The average molecular weight is 410 g/mol. The molecule has 2 amide bonds. The van der Waals surface area contributed by atoms with Crippen molar-refractivity contribution < 1.29 is 23.8 Å². The third-order valence-corrected chi connectivity index (χ3v) is 4.96. The number of hydrogen-bond acceptors (Lipinski definition) is 5. The number of amides is 2. The lowest BCUT2D eigenvalue weighted by atomic mass is 10.0. The minimum Gasteiger partial charge on any atom is -0.493 e. The van der Waals surface area contributed by atoms with Gasteiger partial charge in [-0.05, 0) is 48.4 Å². The molecule has 0 bridgehead atoms. The zero-order chi connectivity index (χ0) is 21.5. The Labute approximate surface area is 176 Å². The fraction of sp³-hybridized carbons (Fsp3) is 0.304. The highest BCUT2D eigenvalue weighted by Crippen LogP contribution is 2.28. The maximum atomic E-state index is 12.8. The van der Waals surface area contributed by atoms with E-state index in [4.69, 9.17) is 14.2 Å². The first-order valence-electron chi connectivity index (χ1n) is 9.71. The van der Waals surface area contributed by atoms with E-state index >= 15 is 0 Å². The summed E-state index contributed by atoms with van der Waals surface area (Å²) in [5.41, 5.74) is 2.73. The number of nitrogens with one attached hydrogen (secondary N) is 1. The predicted octanol–water partition coefficient (Wildman–Crippen LogP) is 3.14. The fourth-order valence-electron chi connectivity index (χ4n) is 3.24. The van der Waals surface area contributed by atoms with Crippen molar-refractivity contribution in [1.29, 1.82) is 0 Å². The molecule has 1 heterocycles. The minimum absolute atomic E-state index is 0.0484. The van der Waals surface area contributed by atoms with Crippen LogP contribution in [0.15, 0.2) is 42.5 Å². The smallest absolute Gasteiger partial charge is 0.254 e. The first-order valence-corrected chi connectivity index (χ1v) is 9.71. The van der Waals surface area contributed by atoms with Gasteiger partial charge in [0, 0.05) is 30.4 Å². The van der Waals surface area contributed by atoms with Crippen LogP contribution in [-0.4, -0.2) is 57.2 Å². The second-order valence-electron chi connectivity index (χ2n) is 6.82. The number of morpholine rings is 1. The fourth-order valence-corrected chi connectivity index (χ4v) is 3.24. The highest BCUT2D eigenvalue weighted by Gasteiger charge is 2.21. The van der Waals surface area contributed by atoms with Gasteiger partial charge < -0.3 is 24.4 Å². The Kier molecular flexibility index (Phi) is 7.08. The normalized spacial score (nSPS) is 13.9. The van der Waals surface area contributed by atoms with Crippen molar-refractivity contribution >= 4 is 23.6 Å². The van der Waals surface area contributed by atoms with Crippen LogP contribution in [0.2, 0.25) is 0 Å². The molecule has 0 spiro atoms. The highest BCUT2D eigenvalue weighted by molar-refractivity contribution is 6.04. The van der Waals surface area contributed by atoms with Crippen LogP contribution in [0, 0.1) is 6.92 Å². The Hall–Kier alpha value is -3.32. The highest BCUT2D eigenvalue weighted by atomic mass is 16.5. The van der Waals surface area contributed by atoms with Gasteiger partial charge in [0.2, 0.25) is 5.91 Å². The maximum absolute atomic E-state index is 12.8. The number of carbonyl (C=O) groups excluding carboxylic acids is 2. The second-order valence-corrected chi connectivity index (χ2v) is 6.82. The molecule has 1 saturated heterocycles. The van der Waals surface area contributed by atoms with Crippen LogP contribution in [0.25, 0.3) is 6.08 Å². The molecule has 7 nitrogen and oxygen atoms in total. The van der Waals surface area contributed by atoms with Crippen LogP contribution >= 0.6 is 0 Å². The Morgan fingerprint density at radius 3 is 2.50 bits per heavy atom. The number of methoxy groups -OCH3 is 2. The van der Waals surface area contributed by atoms with Crippen molar-refractivity contribution in [2.45, 2.75) is 6.92 Å². The second kappa shape index (κ2) is 9.93. The lowest BCUT2D eigenvalue weighted by Gasteiger charge is -2.27. The molecular weight excluding hydrogens is 384 g/mol. The number of nitrogens with zero attached hydrogens (tertiary/aromatic N) is 1. The van der Waals surface area contributed by atoms with Crippen LogP contribution in [0.3, 0.4) is 0 Å². The number of ether oxygens (including phenoxy) is 3. The molecule has 7 heteroatoms. The van der Waals surface area contributed by atoms with E-state index in [0.29, 0.717) is 49.1 Å². The molecule has 0 radical (unpaired) electrons. The Morgan fingerprint density at radius 2 is 1.80 bits per heavy atom. The van der Waals surface area contributed by atoms with Gasteiger partial charge in [-0.2, -0.15) is 0 Å². The Morgan fingerprint density at radius 1 is 1.07 bits per heavy atom. The van der Waals surface area contributed by atoms with Gasteiger partial charge in [-0.25, -0.2) is 0 Å². The first-order chi connectivity index (χ1) is 14.5.